The van der Waals surface area contributed by atoms with Gasteiger partial charge in [-0.3, -0.25) is 9.13 Å². The Balaban J connectivity index is 0.000000306. The van der Waals surface area contributed by atoms with Crippen molar-refractivity contribution in [2.45, 2.75) is 25.9 Å². The summed E-state index contributed by atoms with van der Waals surface area (Å²) in [4.78, 5) is 0. The van der Waals surface area contributed by atoms with Crippen LogP contribution in [0.3, 0.4) is 0 Å². The van der Waals surface area contributed by atoms with E-state index in [2.05, 4.69) is 4.52 Å². The van der Waals surface area contributed by atoms with E-state index in [0.29, 0.717) is 13.2 Å². The van der Waals surface area contributed by atoms with Crippen molar-refractivity contribution in [3.63, 3.8) is 0 Å². The molecule has 2 fully saturated rings. The van der Waals surface area contributed by atoms with Crippen molar-refractivity contribution in [3.8, 4) is 0 Å². The summed E-state index contributed by atoms with van der Waals surface area (Å²) in [6.45, 7) is 7.48. The monoisotopic (exact) mass is 336 g/mol. The summed E-state index contributed by atoms with van der Waals surface area (Å²) in [5, 5.41) is 0. The van der Waals surface area contributed by atoms with Crippen LogP contribution in [0.25, 0.3) is 0 Å². The Kier molecular flexibility index (Phi) is 8.64. The van der Waals surface area contributed by atoms with Gasteiger partial charge in [-0.15, -0.1) is 6.42 Å². The molecular weight excluding hydrogens is 317 g/mol. The van der Waals surface area contributed by atoms with Crippen molar-refractivity contribution in [3.05, 3.63) is 6.61 Å². The van der Waals surface area contributed by atoms with Crippen molar-refractivity contribution in [1.29, 1.82) is 0 Å². The van der Waals surface area contributed by atoms with Crippen molar-refractivity contribution in [2.75, 3.05) is 26.5 Å². The largest absolute Gasteiger partial charge is 0.486 e. The van der Waals surface area contributed by atoms with Gasteiger partial charge in [0.2, 0.25) is 0 Å². The smallest absolute Gasteiger partial charge is 0.327 e. The molecule has 2 aliphatic rings. The third kappa shape index (κ3) is 8.13. The molecule has 0 N–H and O–H groups in total. The first-order chi connectivity index (χ1) is 7.81. The zero-order chi connectivity index (χ0) is 12.9. The van der Waals surface area contributed by atoms with Crippen LogP contribution in [0.1, 0.15) is 19.8 Å². The van der Waals surface area contributed by atoms with E-state index in [9.17, 15) is 9.13 Å². The van der Waals surface area contributed by atoms with E-state index in [1.807, 2.05) is 6.92 Å². The summed E-state index contributed by atoms with van der Waals surface area (Å²) in [7, 11) is -5.28. The fourth-order valence-corrected chi connectivity index (χ4v) is 3.41. The van der Waals surface area contributed by atoms with Gasteiger partial charge in [-0.25, -0.2) is 0 Å². The molecule has 2 aliphatic heterocycles. The normalized spacial score (nSPS) is 40.1. The van der Waals surface area contributed by atoms with Crippen LogP contribution in [0.5, 0.6) is 0 Å². The number of hydrogen-bond donors (Lipinski definition) is 0. The second-order valence-electron chi connectivity index (χ2n) is 3.97. The van der Waals surface area contributed by atoms with Gasteiger partial charge in [0.15, 0.2) is 0 Å². The Labute approximate surface area is 120 Å². The molecule has 0 spiro atoms. The summed E-state index contributed by atoms with van der Waals surface area (Å²) < 4.78 is 41.1. The summed E-state index contributed by atoms with van der Waals surface area (Å²) >= 11 is 0. The van der Waals surface area contributed by atoms with E-state index in [4.69, 9.17) is 13.6 Å². The van der Waals surface area contributed by atoms with Crippen LogP contribution < -0.4 is 0 Å². The molecule has 0 saturated carbocycles. The van der Waals surface area contributed by atoms with Gasteiger partial charge in [-0.1, -0.05) is 0 Å². The van der Waals surface area contributed by atoms with Crippen molar-refractivity contribution < 1.29 is 45.8 Å². The van der Waals surface area contributed by atoms with E-state index in [-0.39, 0.29) is 24.7 Å². The maximum Gasteiger partial charge on any atom is 0.327 e. The van der Waals surface area contributed by atoms with E-state index in [1.165, 1.54) is 19.9 Å². The zero-order valence-corrected chi connectivity index (χ0v) is 14.0. The average molecular weight is 336 g/mol. The van der Waals surface area contributed by atoms with Crippen LogP contribution >= 0.6 is 15.2 Å². The van der Waals surface area contributed by atoms with E-state index in [1.54, 1.807) is 0 Å². The Morgan fingerprint density at radius 1 is 1.11 bits per heavy atom. The van der Waals surface area contributed by atoms with Gasteiger partial charge in [-0.2, -0.15) is 6.61 Å². The molecule has 0 amide bonds. The third-order valence-electron chi connectivity index (χ3n) is 2.05. The van der Waals surface area contributed by atoms with Crippen LogP contribution in [-0.2, 0) is 45.8 Å². The average Bonchev–Trinajstić information content (AvgIpc) is 2.15. The van der Waals surface area contributed by atoms with Gasteiger partial charge >= 0.3 is 7.60 Å². The minimum atomic E-state index is -2.64. The molecule has 0 aromatic rings. The molecule has 0 aliphatic carbocycles. The van der Waals surface area contributed by atoms with Gasteiger partial charge in [-0.05, 0) is 13.3 Å². The molecule has 0 aromatic carbocycles. The van der Waals surface area contributed by atoms with Crippen molar-refractivity contribution in [1.82, 2.24) is 0 Å². The molecule has 9 heteroatoms. The van der Waals surface area contributed by atoms with E-state index < -0.39 is 15.2 Å². The molecule has 0 unspecified atom stereocenters. The van der Waals surface area contributed by atoms with E-state index in [0.717, 1.165) is 12.8 Å². The second kappa shape index (κ2) is 8.23. The quantitative estimate of drug-likeness (QED) is 0.500. The van der Waals surface area contributed by atoms with Crippen LogP contribution in [-0.4, -0.2) is 32.6 Å². The maximum atomic E-state index is 11.0. The molecule has 6 nitrogen and oxygen atoms in total. The number of hydrogen-bond acceptors (Lipinski definition) is 6. The first-order valence-corrected chi connectivity index (χ1v) is 9.41. The van der Waals surface area contributed by atoms with Crippen LogP contribution in [0, 0.1) is 6.61 Å². The topological polar surface area (TPSA) is 71.1 Å². The molecule has 0 bridgehead atoms. The molecule has 3 atom stereocenters. The third-order valence-corrected chi connectivity index (χ3v) is 4.63. The Bertz CT molecular complexity index is 327. The van der Waals surface area contributed by atoms with Gasteiger partial charge in [0, 0.05) is 38.5 Å². The summed E-state index contributed by atoms with van der Waals surface area (Å²) in [6.07, 6.45) is 1.67. The molecule has 18 heavy (non-hydrogen) atoms. The Hall–Kier alpha value is 0.884. The first kappa shape index (κ1) is 18.9. The summed E-state index contributed by atoms with van der Waals surface area (Å²) in [5.74, 6) is 0. The van der Waals surface area contributed by atoms with Gasteiger partial charge in [0.25, 0.3) is 7.60 Å². The SMILES string of the molecule is C[C@@H]1CCO[P@@](C)(=O)O1.C[P@@]1(=O)O[CH-]CCO1.[V]. The van der Waals surface area contributed by atoms with Gasteiger partial charge in [0.05, 0.1) is 12.7 Å². The van der Waals surface area contributed by atoms with E-state index >= 15 is 0 Å². The summed E-state index contributed by atoms with van der Waals surface area (Å²) in [5.41, 5.74) is 0. The molecule has 107 valence electrons. The van der Waals surface area contributed by atoms with Gasteiger partial charge in [0.1, 0.15) is 0 Å². The molecule has 2 rings (SSSR count). The fourth-order valence-electron chi connectivity index (χ4n) is 1.28. The van der Waals surface area contributed by atoms with Crippen LogP contribution in [0.4, 0.5) is 0 Å². The van der Waals surface area contributed by atoms with Crippen LogP contribution in [0.15, 0.2) is 0 Å². The summed E-state index contributed by atoms with van der Waals surface area (Å²) in [6, 6.07) is 0. The molecule has 0 aromatic heterocycles. The molecule has 1 radical (unpaired) electrons. The zero-order valence-electron chi connectivity index (χ0n) is 10.8. The Morgan fingerprint density at radius 2 is 1.72 bits per heavy atom. The first-order valence-electron chi connectivity index (χ1n) is 5.43. The minimum Gasteiger partial charge on any atom is -0.486 e. The molecular formula is C9H19O6P2V-. The second-order valence-corrected chi connectivity index (χ2v) is 8.00. The van der Waals surface area contributed by atoms with Crippen LogP contribution in [0.2, 0.25) is 0 Å². The minimum absolute atomic E-state index is 0. The van der Waals surface area contributed by atoms with Crippen molar-refractivity contribution >= 4 is 15.2 Å². The predicted octanol–water partition coefficient (Wildman–Crippen LogP) is 3.04. The Morgan fingerprint density at radius 3 is 2.00 bits per heavy atom. The predicted molar refractivity (Wildman–Crippen MR) is 64.1 cm³/mol. The molecule has 2 saturated heterocycles. The van der Waals surface area contributed by atoms with Crippen molar-refractivity contribution in [2.24, 2.45) is 0 Å². The number of rotatable bonds is 0. The molecule has 2 heterocycles. The fraction of sp³-hybridized carbons (Fsp3) is 0.889. The van der Waals surface area contributed by atoms with Gasteiger partial charge < -0.3 is 18.1 Å². The maximum absolute atomic E-state index is 11.0. The standard InChI is InChI=1S/C5H11O3P.C4H8O3P.V/c1-5-3-4-7-9(2,6)8-5;1-8(5)6-3-2-4-7-8;/h5H,3-4H2,1-2H3;3H,2,4H2,1H3;/q;-1;/t5-,9-;8-;/m11./s1.